The van der Waals surface area contributed by atoms with Crippen molar-refractivity contribution in [2.75, 3.05) is 65.4 Å². The Balaban J connectivity index is 0.00000243. The van der Waals surface area contributed by atoms with Gasteiger partial charge in [0.2, 0.25) is 0 Å². The first-order valence-electron chi connectivity index (χ1n) is 10.5. The monoisotopic (exact) mass is 478 g/mol. The molecule has 152 valence electrons. The van der Waals surface area contributed by atoms with Crippen molar-refractivity contribution in [3.8, 4) is 0 Å². The zero-order valence-corrected chi connectivity index (χ0v) is 19.1. The van der Waals surface area contributed by atoms with Gasteiger partial charge in [-0.1, -0.05) is 13.3 Å². The van der Waals surface area contributed by atoms with Crippen molar-refractivity contribution < 1.29 is 0 Å². The molecule has 2 bridgehead atoms. The van der Waals surface area contributed by atoms with E-state index in [0.717, 1.165) is 38.2 Å². The van der Waals surface area contributed by atoms with E-state index in [4.69, 9.17) is 4.99 Å². The van der Waals surface area contributed by atoms with E-state index in [1.165, 1.54) is 65.0 Å². The van der Waals surface area contributed by atoms with Crippen molar-refractivity contribution >= 4 is 29.9 Å². The zero-order valence-electron chi connectivity index (χ0n) is 16.8. The van der Waals surface area contributed by atoms with Gasteiger partial charge in [-0.15, -0.1) is 24.0 Å². The van der Waals surface area contributed by atoms with E-state index in [0.29, 0.717) is 6.04 Å². The van der Waals surface area contributed by atoms with E-state index in [9.17, 15) is 0 Å². The predicted molar refractivity (Wildman–Crippen MR) is 121 cm³/mol. The molecule has 4 saturated heterocycles. The molecule has 26 heavy (non-hydrogen) atoms. The maximum Gasteiger partial charge on any atom is 0.191 e. The lowest BCUT2D eigenvalue weighted by molar-refractivity contribution is 0.0174. The summed E-state index contributed by atoms with van der Waals surface area (Å²) in [4.78, 5) is 12.8. The molecule has 0 spiro atoms. The molecule has 6 nitrogen and oxygen atoms in total. The normalized spacial score (nSPS) is 32.2. The second-order valence-corrected chi connectivity index (χ2v) is 7.73. The van der Waals surface area contributed by atoms with Crippen LogP contribution in [-0.4, -0.2) is 98.2 Å². The van der Waals surface area contributed by atoms with Crippen LogP contribution in [0.15, 0.2) is 4.99 Å². The molecule has 0 aromatic rings. The van der Waals surface area contributed by atoms with E-state index in [2.05, 4.69) is 39.2 Å². The highest BCUT2D eigenvalue weighted by Crippen LogP contribution is 2.18. The molecule has 2 atom stereocenters. The molecular formula is C19H39IN6. The van der Waals surface area contributed by atoms with Crippen LogP contribution >= 0.6 is 24.0 Å². The number of aliphatic imine (C=N–C) groups is 1. The van der Waals surface area contributed by atoms with Crippen LogP contribution < -0.4 is 10.6 Å². The fourth-order valence-electron chi connectivity index (χ4n) is 4.57. The summed E-state index contributed by atoms with van der Waals surface area (Å²) >= 11 is 0. The lowest BCUT2D eigenvalue weighted by Crippen LogP contribution is -2.62. The van der Waals surface area contributed by atoms with Gasteiger partial charge in [-0.3, -0.25) is 19.7 Å². The van der Waals surface area contributed by atoms with Gasteiger partial charge in [0, 0.05) is 64.4 Å². The van der Waals surface area contributed by atoms with Crippen molar-refractivity contribution in [1.29, 1.82) is 0 Å². The van der Waals surface area contributed by atoms with Crippen LogP contribution in [0.5, 0.6) is 0 Å². The Morgan fingerprint density at radius 3 is 2.46 bits per heavy atom. The number of halogens is 1. The maximum absolute atomic E-state index is 4.89. The number of nitrogens with zero attached hydrogens (tertiary/aromatic N) is 4. The molecule has 0 saturated carbocycles. The summed E-state index contributed by atoms with van der Waals surface area (Å²) in [5.74, 6) is 0.991. The molecule has 4 aliphatic rings. The van der Waals surface area contributed by atoms with E-state index in [1.54, 1.807) is 0 Å². The van der Waals surface area contributed by atoms with Crippen molar-refractivity contribution in [3.63, 3.8) is 0 Å². The number of hydrogen-bond acceptors (Lipinski definition) is 4. The number of likely N-dealkylation sites (tertiary alicyclic amines) is 1. The summed E-state index contributed by atoms with van der Waals surface area (Å²) in [6, 6.07) is 1.39. The molecule has 4 heterocycles. The fourth-order valence-corrected chi connectivity index (χ4v) is 4.57. The first-order chi connectivity index (χ1) is 12.3. The smallest absolute Gasteiger partial charge is 0.191 e. The van der Waals surface area contributed by atoms with Gasteiger partial charge in [0.15, 0.2) is 5.96 Å². The van der Waals surface area contributed by atoms with Gasteiger partial charge >= 0.3 is 0 Å². The largest absolute Gasteiger partial charge is 0.357 e. The lowest BCUT2D eigenvalue weighted by Gasteiger charge is -2.47. The minimum absolute atomic E-state index is 0. The van der Waals surface area contributed by atoms with Gasteiger partial charge in [0.25, 0.3) is 0 Å². The Morgan fingerprint density at radius 1 is 1.00 bits per heavy atom. The molecule has 0 aromatic heterocycles. The van der Waals surface area contributed by atoms with Gasteiger partial charge in [-0.25, -0.2) is 0 Å². The quantitative estimate of drug-likeness (QED) is 0.330. The van der Waals surface area contributed by atoms with Crippen LogP contribution in [0.25, 0.3) is 0 Å². The molecule has 0 aliphatic carbocycles. The van der Waals surface area contributed by atoms with Crippen LogP contribution in [0, 0.1) is 0 Å². The Labute approximate surface area is 177 Å². The molecule has 7 heteroatoms. The third kappa shape index (κ3) is 6.21. The third-order valence-electron chi connectivity index (χ3n) is 6.11. The highest BCUT2D eigenvalue weighted by molar-refractivity contribution is 14.0. The van der Waals surface area contributed by atoms with Crippen molar-refractivity contribution in [3.05, 3.63) is 0 Å². The highest BCUT2D eigenvalue weighted by atomic mass is 127. The number of piperazine rings is 3. The molecular weight excluding hydrogens is 439 g/mol. The van der Waals surface area contributed by atoms with Gasteiger partial charge < -0.3 is 10.6 Å². The number of guanidine groups is 1. The molecule has 0 aromatic carbocycles. The Morgan fingerprint density at radius 2 is 1.81 bits per heavy atom. The standard InChI is InChI=1S/C19H38N6.HI/c1-3-17-7-5-6-9-24(17)10-8-21-19(20-4-2)22-15-18-16-23-11-13-25(18)14-12-23;/h17-18H,3-16H2,1-2H3,(H2,20,21,22);1H. The molecule has 0 amide bonds. The number of fused-ring (bicyclic) bond motifs is 3. The second-order valence-electron chi connectivity index (χ2n) is 7.73. The Hall–Kier alpha value is -0.120. The lowest BCUT2D eigenvalue weighted by atomic mass is 10.0. The molecule has 0 radical (unpaired) electrons. The van der Waals surface area contributed by atoms with Crippen LogP contribution in [-0.2, 0) is 0 Å². The average Bonchev–Trinajstić information content (AvgIpc) is 2.67. The van der Waals surface area contributed by atoms with Gasteiger partial charge in [0.05, 0.1) is 6.54 Å². The van der Waals surface area contributed by atoms with Crippen molar-refractivity contribution in [2.24, 2.45) is 4.99 Å². The zero-order chi connectivity index (χ0) is 17.5. The number of hydrogen-bond donors (Lipinski definition) is 2. The topological polar surface area (TPSA) is 46.1 Å². The van der Waals surface area contributed by atoms with Crippen LogP contribution in [0.1, 0.15) is 39.5 Å². The summed E-state index contributed by atoms with van der Waals surface area (Å²) in [5.41, 5.74) is 0. The molecule has 2 unspecified atom stereocenters. The van der Waals surface area contributed by atoms with Crippen LogP contribution in [0.4, 0.5) is 0 Å². The third-order valence-corrected chi connectivity index (χ3v) is 6.11. The fraction of sp³-hybridized carbons (Fsp3) is 0.947. The van der Waals surface area contributed by atoms with Crippen molar-refractivity contribution in [1.82, 2.24) is 25.3 Å². The van der Waals surface area contributed by atoms with Crippen LogP contribution in [0.3, 0.4) is 0 Å². The van der Waals surface area contributed by atoms with Crippen LogP contribution in [0.2, 0.25) is 0 Å². The Bertz CT molecular complexity index is 424. The molecule has 4 aliphatic heterocycles. The highest BCUT2D eigenvalue weighted by Gasteiger charge is 2.31. The summed E-state index contributed by atoms with van der Waals surface area (Å²) in [7, 11) is 0. The predicted octanol–water partition coefficient (Wildman–Crippen LogP) is 1.42. The Kier molecular flexibility index (Phi) is 9.94. The van der Waals surface area contributed by atoms with E-state index < -0.39 is 0 Å². The van der Waals surface area contributed by atoms with E-state index in [1.807, 2.05) is 0 Å². The van der Waals surface area contributed by atoms with E-state index in [-0.39, 0.29) is 24.0 Å². The summed E-state index contributed by atoms with van der Waals surface area (Å²) in [6.07, 6.45) is 5.42. The SMILES string of the molecule is CCNC(=NCC1CN2CCN1CC2)NCCN1CCCCC1CC.I. The van der Waals surface area contributed by atoms with Crippen molar-refractivity contribution in [2.45, 2.75) is 51.6 Å². The summed E-state index contributed by atoms with van der Waals surface area (Å²) < 4.78 is 0. The van der Waals surface area contributed by atoms with E-state index >= 15 is 0 Å². The molecule has 4 fully saturated rings. The van der Waals surface area contributed by atoms with Gasteiger partial charge in [0.1, 0.15) is 0 Å². The van der Waals surface area contributed by atoms with Gasteiger partial charge in [-0.05, 0) is 32.7 Å². The summed E-state index contributed by atoms with van der Waals surface area (Å²) in [6.45, 7) is 15.8. The second kappa shape index (κ2) is 11.7. The average molecular weight is 478 g/mol. The maximum atomic E-state index is 4.89. The number of piperidine rings is 1. The first-order valence-corrected chi connectivity index (χ1v) is 10.5. The van der Waals surface area contributed by atoms with Gasteiger partial charge in [-0.2, -0.15) is 0 Å². The minimum atomic E-state index is 0. The first kappa shape index (κ1) is 22.2. The molecule has 2 N–H and O–H groups in total. The number of nitrogens with one attached hydrogen (secondary N) is 2. The minimum Gasteiger partial charge on any atom is -0.357 e. The molecule has 4 rings (SSSR count). The number of rotatable bonds is 7. The summed E-state index contributed by atoms with van der Waals surface area (Å²) in [5, 5.41) is 6.98.